The highest BCUT2D eigenvalue weighted by atomic mass is 35.5. The molecule has 0 aliphatic carbocycles. The van der Waals surface area contributed by atoms with E-state index in [-0.39, 0.29) is 0 Å². The van der Waals surface area contributed by atoms with E-state index >= 15 is 0 Å². The summed E-state index contributed by atoms with van der Waals surface area (Å²) in [5.74, 6) is 1.47. The molecular weight excluding hydrogens is 331 g/mol. The molecular formula is C18H16Cl2N2O. The zero-order chi connectivity index (χ0) is 16.2. The van der Waals surface area contributed by atoms with Crippen molar-refractivity contribution in [3.8, 4) is 11.3 Å². The molecule has 0 amide bonds. The lowest BCUT2D eigenvalue weighted by Crippen LogP contribution is -2.17. The number of benzene rings is 2. The van der Waals surface area contributed by atoms with Crippen LogP contribution in [-0.2, 0) is 13.1 Å². The van der Waals surface area contributed by atoms with Crippen molar-refractivity contribution in [3.05, 3.63) is 76.2 Å². The molecule has 0 bridgehead atoms. The summed E-state index contributed by atoms with van der Waals surface area (Å²) < 4.78 is 5.82. The quantitative estimate of drug-likeness (QED) is 0.629. The van der Waals surface area contributed by atoms with Gasteiger partial charge in [-0.3, -0.25) is 4.90 Å². The van der Waals surface area contributed by atoms with Crippen molar-refractivity contribution in [1.29, 1.82) is 0 Å². The van der Waals surface area contributed by atoms with Gasteiger partial charge in [-0.25, -0.2) is 4.98 Å². The fraction of sp³-hybridized carbons (Fsp3) is 0.167. The number of halogens is 2. The van der Waals surface area contributed by atoms with Crippen molar-refractivity contribution in [2.75, 3.05) is 7.05 Å². The van der Waals surface area contributed by atoms with Gasteiger partial charge in [0.05, 0.1) is 22.8 Å². The Bertz CT molecular complexity index is 787. The van der Waals surface area contributed by atoms with E-state index in [1.165, 1.54) is 0 Å². The zero-order valence-corrected chi connectivity index (χ0v) is 14.2. The van der Waals surface area contributed by atoms with Crippen LogP contribution >= 0.6 is 23.2 Å². The van der Waals surface area contributed by atoms with Gasteiger partial charge in [0.25, 0.3) is 0 Å². The standard InChI is InChI=1S/C18H16Cl2N2O/c1-22(11-13-7-8-15(19)16(20)9-13)12-18-21-10-17(23-18)14-5-3-2-4-6-14/h2-10H,11-12H2,1H3. The van der Waals surface area contributed by atoms with E-state index < -0.39 is 0 Å². The second-order valence-corrected chi connectivity index (χ2v) is 6.22. The van der Waals surface area contributed by atoms with Gasteiger partial charge in [0, 0.05) is 12.1 Å². The molecule has 0 saturated carbocycles. The van der Waals surface area contributed by atoms with Gasteiger partial charge in [-0.15, -0.1) is 0 Å². The summed E-state index contributed by atoms with van der Waals surface area (Å²) in [4.78, 5) is 6.46. The van der Waals surface area contributed by atoms with Crippen LogP contribution in [0.1, 0.15) is 11.5 Å². The Morgan fingerprint density at radius 3 is 2.52 bits per heavy atom. The number of oxazole rings is 1. The van der Waals surface area contributed by atoms with Crippen molar-refractivity contribution in [2.24, 2.45) is 0 Å². The zero-order valence-electron chi connectivity index (χ0n) is 12.7. The summed E-state index contributed by atoms with van der Waals surface area (Å²) in [5, 5.41) is 1.14. The third kappa shape index (κ3) is 4.14. The van der Waals surface area contributed by atoms with Crippen LogP contribution in [0.25, 0.3) is 11.3 Å². The Kier molecular flexibility index (Phi) is 5.01. The Labute approximate surface area is 145 Å². The molecule has 3 aromatic rings. The summed E-state index contributed by atoms with van der Waals surface area (Å²) in [6, 6.07) is 15.6. The van der Waals surface area contributed by atoms with E-state index in [0.29, 0.717) is 22.5 Å². The Hall–Kier alpha value is -1.81. The molecule has 0 aliphatic rings. The summed E-state index contributed by atoms with van der Waals surface area (Å²) >= 11 is 12.0. The van der Waals surface area contributed by atoms with Crippen LogP contribution in [0.5, 0.6) is 0 Å². The maximum absolute atomic E-state index is 6.05. The van der Waals surface area contributed by atoms with Gasteiger partial charge >= 0.3 is 0 Å². The van der Waals surface area contributed by atoms with E-state index in [1.54, 1.807) is 6.20 Å². The van der Waals surface area contributed by atoms with Crippen molar-refractivity contribution < 1.29 is 4.42 Å². The van der Waals surface area contributed by atoms with Crippen LogP contribution in [0.3, 0.4) is 0 Å². The van der Waals surface area contributed by atoms with Crippen LogP contribution in [-0.4, -0.2) is 16.9 Å². The third-order valence-corrected chi connectivity index (χ3v) is 4.19. The van der Waals surface area contributed by atoms with Gasteiger partial charge in [0.2, 0.25) is 5.89 Å². The number of aromatic nitrogens is 1. The average molecular weight is 347 g/mol. The Balaban J connectivity index is 1.65. The second-order valence-electron chi connectivity index (χ2n) is 5.41. The maximum Gasteiger partial charge on any atom is 0.209 e. The van der Waals surface area contributed by atoms with E-state index in [0.717, 1.165) is 23.4 Å². The Morgan fingerprint density at radius 2 is 1.78 bits per heavy atom. The monoisotopic (exact) mass is 346 g/mol. The summed E-state index contributed by atoms with van der Waals surface area (Å²) in [5.41, 5.74) is 2.12. The van der Waals surface area contributed by atoms with Gasteiger partial charge in [-0.05, 0) is 24.7 Å². The summed E-state index contributed by atoms with van der Waals surface area (Å²) in [6.07, 6.45) is 1.76. The highest BCUT2D eigenvalue weighted by molar-refractivity contribution is 6.42. The van der Waals surface area contributed by atoms with Gasteiger partial charge in [0.1, 0.15) is 0 Å². The first-order valence-corrected chi connectivity index (χ1v) is 8.00. The molecule has 3 rings (SSSR count). The lowest BCUT2D eigenvalue weighted by Gasteiger charge is -2.15. The summed E-state index contributed by atoms with van der Waals surface area (Å²) in [7, 11) is 2.01. The number of nitrogens with zero attached hydrogens (tertiary/aromatic N) is 2. The lowest BCUT2D eigenvalue weighted by molar-refractivity contribution is 0.283. The molecule has 23 heavy (non-hydrogen) atoms. The van der Waals surface area contributed by atoms with E-state index in [1.807, 2.05) is 55.6 Å². The van der Waals surface area contributed by atoms with Gasteiger partial charge < -0.3 is 4.42 Å². The highest BCUT2D eigenvalue weighted by Gasteiger charge is 2.10. The predicted octanol–water partition coefficient (Wildman–Crippen LogP) is 5.28. The number of hydrogen-bond donors (Lipinski definition) is 0. The van der Waals surface area contributed by atoms with Crippen molar-refractivity contribution >= 4 is 23.2 Å². The average Bonchev–Trinajstić information content (AvgIpc) is 3.00. The Morgan fingerprint density at radius 1 is 1.00 bits per heavy atom. The first-order chi connectivity index (χ1) is 11.1. The van der Waals surface area contributed by atoms with Gasteiger partial charge in [0.15, 0.2) is 5.76 Å². The summed E-state index contributed by atoms with van der Waals surface area (Å²) in [6.45, 7) is 1.35. The topological polar surface area (TPSA) is 29.3 Å². The molecule has 0 atom stereocenters. The molecule has 0 aliphatic heterocycles. The van der Waals surface area contributed by atoms with E-state index in [2.05, 4.69) is 9.88 Å². The van der Waals surface area contributed by atoms with E-state index in [4.69, 9.17) is 27.6 Å². The lowest BCUT2D eigenvalue weighted by atomic mass is 10.2. The van der Waals surface area contributed by atoms with Crippen LogP contribution in [0, 0.1) is 0 Å². The molecule has 0 saturated heterocycles. The van der Waals surface area contributed by atoms with Gasteiger partial charge in [-0.1, -0.05) is 59.6 Å². The first kappa shape index (κ1) is 16.1. The molecule has 0 unspecified atom stereocenters. The largest absolute Gasteiger partial charge is 0.439 e. The number of hydrogen-bond acceptors (Lipinski definition) is 3. The van der Waals surface area contributed by atoms with Crippen LogP contribution in [0.2, 0.25) is 10.0 Å². The van der Waals surface area contributed by atoms with Gasteiger partial charge in [-0.2, -0.15) is 0 Å². The molecule has 1 aromatic heterocycles. The predicted molar refractivity (Wildman–Crippen MR) is 93.6 cm³/mol. The van der Waals surface area contributed by atoms with Crippen molar-refractivity contribution in [3.63, 3.8) is 0 Å². The molecule has 0 fully saturated rings. The van der Waals surface area contributed by atoms with Crippen LogP contribution < -0.4 is 0 Å². The normalized spacial score (nSPS) is 11.1. The molecule has 3 nitrogen and oxygen atoms in total. The minimum atomic E-state index is 0.568. The van der Waals surface area contributed by atoms with Crippen LogP contribution in [0.4, 0.5) is 0 Å². The molecule has 5 heteroatoms. The smallest absolute Gasteiger partial charge is 0.209 e. The molecule has 0 N–H and O–H groups in total. The minimum Gasteiger partial charge on any atom is -0.439 e. The fourth-order valence-corrected chi connectivity index (χ4v) is 2.68. The molecule has 1 heterocycles. The highest BCUT2D eigenvalue weighted by Crippen LogP contribution is 2.24. The van der Waals surface area contributed by atoms with E-state index in [9.17, 15) is 0 Å². The molecule has 2 aromatic carbocycles. The number of rotatable bonds is 5. The third-order valence-electron chi connectivity index (χ3n) is 3.45. The minimum absolute atomic E-state index is 0.568. The SMILES string of the molecule is CN(Cc1ccc(Cl)c(Cl)c1)Cc1ncc(-c2ccccc2)o1. The van der Waals surface area contributed by atoms with Crippen molar-refractivity contribution in [1.82, 2.24) is 9.88 Å². The maximum atomic E-state index is 6.05. The molecule has 0 spiro atoms. The second kappa shape index (κ2) is 7.18. The van der Waals surface area contributed by atoms with Crippen LogP contribution in [0.15, 0.2) is 59.1 Å². The fourth-order valence-electron chi connectivity index (χ4n) is 2.36. The first-order valence-electron chi connectivity index (χ1n) is 7.24. The van der Waals surface area contributed by atoms with Crippen molar-refractivity contribution in [2.45, 2.75) is 13.1 Å². The molecule has 0 radical (unpaired) electrons. The molecule has 118 valence electrons.